The second-order valence-electron chi connectivity index (χ2n) is 6.43. The van der Waals surface area contributed by atoms with Gasteiger partial charge in [-0.05, 0) is 24.3 Å². The largest absolute Gasteiger partial charge is 0.530 e. The van der Waals surface area contributed by atoms with Crippen molar-refractivity contribution in [1.29, 1.82) is 0 Å². The maximum Gasteiger partial charge on any atom is 0.530 e. The average molecular weight is 482 g/mol. The van der Waals surface area contributed by atoms with E-state index in [0.29, 0.717) is 15.2 Å². The molecule has 10 nitrogen and oxygen atoms in total. The zero-order valence-electron chi connectivity index (χ0n) is 15.9. The number of hydrogen-bond donors (Lipinski definition) is 3. The Hall–Kier alpha value is -1.63. The number of alkyl halides is 1. The summed E-state index contributed by atoms with van der Waals surface area (Å²) in [6.07, 6.45) is -6.35. The first kappa shape index (κ1) is 20.3. The Labute approximate surface area is 179 Å². The zero-order valence-corrected chi connectivity index (χ0v) is 17.3. The summed E-state index contributed by atoms with van der Waals surface area (Å²) in [6.45, 7) is -1.46. The number of hydrogen-bond acceptors (Lipinski definition) is 9. The van der Waals surface area contributed by atoms with E-state index >= 15 is 4.39 Å². The quantitative estimate of drug-likeness (QED) is 0.444. The summed E-state index contributed by atoms with van der Waals surface area (Å²) < 4.78 is 56.9. The van der Waals surface area contributed by atoms with Crippen molar-refractivity contribution in [3.63, 3.8) is 0 Å². The molecule has 0 radical (unpaired) electrons. The van der Waals surface area contributed by atoms with Crippen LogP contribution in [0.5, 0.6) is 5.75 Å². The number of nitrogens with zero attached hydrogens (tertiary/aromatic N) is 1. The number of phosphoric ester groups is 1. The summed E-state index contributed by atoms with van der Waals surface area (Å²) >= 11 is 10.6. The van der Waals surface area contributed by atoms with Crippen LogP contribution in [0.1, 0.15) is 13.1 Å². The molecular formula is C16H15ClFN2O8PS. The van der Waals surface area contributed by atoms with E-state index in [0.717, 1.165) is 6.20 Å². The van der Waals surface area contributed by atoms with Gasteiger partial charge in [-0.2, -0.15) is 0 Å². The molecule has 2 aliphatic heterocycles. The van der Waals surface area contributed by atoms with Crippen LogP contribution in [0.15, 0.2) is 35.3 Å². The summed E-state index contributed by atoms with van der Waals surface area (Å²) in [4.78, 5) is 14.3. The lowest BCUT2D eigenvalue weighted by Gasteiger charge is -2.28. The second-order valence-corrected chi connectivity index (χ2v) is 8.90. The molecule has 1 unspecified atom stereocenters. The lowest BCUT2D eigenvalue weighted by Crippen LogP contribution is -2.43. The third-order valence-electron chi connectivity index (χ3n) is 4.36. The maximum absolute atomic E-state index is 15.3. The number of benzene rings is 1. The molecule has 1 saturated heterocycles. The monoisotopic (exact) mass is 481 g/mol. The van der Waals surface area contributed by atoms with Crippen molar-refractivity contribution >= 4 is 31.6 Å². The molecule has 3 heterocycles. The lowest BCUT2D eigenvalue weighted by atomic mass is 10.1. The highest BCUT2D eigenvalue weighted by Gasteiger charge is 2.57. The number of ether oxygens (including phenoxy) is 1. The fraction of sp³-hybridized carbons (Fsp3) is 0.375. The molecule has 1 aromatic heterocycles. The highest BCUT2D eigenvalue weighted by atomic mass is 35.5. The van der Waals surface area contributed by atoms with Crippen LogP contribution in [-0.4, -0.2) is 44.4 Å². The Bertz CT molecular complexity index is 1200. The summed E-state index contributed by atoms with van der Waals surface area (Å²) in [7, 11) is -4.34. The highest BCUT2D eigenvalue weighted by molar-refractivity contribution is 7.71. The van der Waals surface area contributed by atoms with Gasteiger partial charge in [-0.3, -0.25) is 18.6 Å². The summed E-state index contributed by atoms with van der Waals surface area (Å²) in [5.41, 5.74) is -0.503. The molecule has 0 bridgehead atoms. The molecule has 3 N–H and O–H groups in total. The number of fused-ring (bicyclic) bond motifs is 1. The normalized spacial score (nSPS) is 36.1. The zero-order chi connectivity index (χ0) is 22.6. The van der Waals surface area contributed by atoms with Crippen molar-refractivity contribution < 1.29 is 38.8 Å². The van der Waals surface area contributed by atoms with Crippen molar-refractivity contribution in [2.75, 3.05) is 6.61 Å². The van der Waals surface area contributed by atoms with Crippen molar-refractivity contribution in [1.82, 2.24) is 9.55 Å². The van der Waals surface area contributed by atoms with Crippen LogP contribution in [0, 0.1) is 4.64 Å². The van der Waals surface area contributed by atoms with E-state index in [1.54, 1.807) is 0 Å². The third-order valence-corrected chi connectivity index (χ3v) is 6.14. The molecule has 4 rings (SSSR count). The second kappa shape index (κ2) is 7.81. The predicted octanol–water partition coefficient (Wildman–Crippen LogP) is 2.21. The Balaban J connectivity index is 1.55. The first-order valence-electron chi connectivity index (χ1n) is 8.91. The molecule has 2 aliphatic rings. The van der Waals surface area contributed by atoms with Crippen LogP contribution in [-0.2, 0) is 25.0 Å². The molecule has 14 heteroatoms. The van der Waals surface area contributed by atoms with E-state index in [9.17, 15) is 19.6 Å². The molecule has 1 fully saturated rings. The molecule has 2 aromatic rings. The first-order valence-corrected chi connectivity index (χ1v) is 10.7. The molecule has 0 saturated carbocycles. The molecular weight excluding hydrogens is 466 g/mol. The van der Waals surface area contributed by atoms with E-state index < -0.39 is 44.4 Å². The highest BCUT2D eigenvalue weighted by Crippen LogP contribution is 2.55. The van der Waals surface area contributed by atoms with Crippen LogP contribution in [0.4, 0.5) is 4.39 Å². The minimum atomic E-state index is -4.34. The van der Waals surface area contributed by atoms with E-state index in [2.05, 4.69) is 4.98 Å². The van der Waals surface area contributed by atoms with Gasteiger partial charge in [0.05, 0.1) is 7.98 Å². The van der Waals surface area contributed by atoms with E-state index in [4.69, 9.17) is 43.5 Å². The van der Waals surface area contributed by atoms with Gasteiger partial charge in [-0.15, -0.1) is 0 Å². The molecule has 0 aliphatic carbocycles. The molecule has 0 amide bonds. The van der Waals surface area contributed by atoms with Crippen molar-refractivity contribution in [2.45, 2.75) is 30.9 Å². The number of phosphoric acid groups is 1. The van der Waals surface area contributed by atoms with E-state index in [1.807, 2.05) is 0 Å². The van der Waals surface area contributed by atoms with Crippen LogP contribution in [0.3, 0.4) is 0 Å². The van der Waals surface area contributed by atoms with Crippen molar-refractivity contribution in [3.05, 3.63) is 56.2 Å². The van der Waals surface area contributed by atoms with Crippen LogP contribution in [0.2, 0.25) is 5.02 Å². The van der Waals surface area contributed by atoms with Gasteiger partial charge in [0.1, 0.15) is 29.2 Å². The fourth-order valence-electron chi connectivity index (χ4n) is 2.84. The van der Waals surface area contributed by atoms with Gasteiger partial charge in [0.2, 0.25) is 0 Å². The Kier molecular flexibility index (Phi) is 5.28. The van der Waals surface area contributed by atoms with E-state index in [-0.39, 0.29) is 17.0 Å². The third kappa shape index (κ3) is 3.97. The molecule has 162 valence electrons. The van der Waals surface area contributed by atoms with Gasteiger partial charge in [0.15, 0.2) is 6.20 Å². The number of H-pyrrole nitrogens is 1. The number of nitrogens with one attached hydrogen (secondary N) is 1. The predicted molar refractivity (Wildman–Crippen MR) is 102 cm³/mol. The van der Waals surface area contributed by atoms with Crippen LogP contribution >= 0.6 is 31.6 Å². The van der Waals surface area contributed by atoms with Crippen molar-refractivity contribution in [3.8, 4) is 5.75 Å². The Morgan fingerprint density at radius 3 is 3.00 bits per heavy atom. The molecule has 30 heavy (non-hydrogen) atoms. The van der Waals surface area contributed by atoms with Gasteiger partial charge < -0.3 is 19.5 Å². The SMILES string of the molecule is [2H][C@@]1(n2ccc(=S)[nH]c2=O)O[C@](F)(COP2(=O)OCc3cc(Cl)ccc3O2)[C@@H](O)[C@H]1O. The first-order chi connectivity index (χ1) is 14.5. The smallest absolute Gasteiger partial charge is 0.404 e. The average Bonchev–Trinajstić information content (AvgIpc) is 2.88. The minimum Gasteiger partial charge on any atom is -0.404 e. The Morgan fingerprint density at radius 1 is 1.50 bits per heavy atom. The van der Waals surface area contributed by atoms with Gasteiger partial charge in [0.25, 0.3) is 5.85 Å². The number of aromatic amines is 1. The standard InChI is InChI=1S/C16H15ClFN2O8PS/c17-9-1-2-10-8(5-9)6-25-29(24,28-10)26-7-16(18)13(22)12(21)14(27-16)20-4-3-11(30)19-15(20)23/h1-5,12-14,21-22H,6-7H2,(H,19,23,30)/t12-,13+,14-,16-,29?/m1/s1/i14D. The van der Waals surface area contributed by atoms with Gasteiger partial charge in [-0.25, -0.2) is 13.8 Å². The van der Waals surface area contributed by atoms with Crippen LogP contribution < -0.4 is 10.2 Å². The number of aliphatic hydroxyl groups excluding tert-OH is 2. The number of rotatable bonds is 4. The van der Waals surface area contributed by atoms with Gasteiger partial charge in [-0.1, -0.05) is 23.8 Å². The van der Waals surface area contributed by atoms with Gasteiger partial charge in [0, 0.05) is 16.8 Å². The summed E-state index contributed by atoms with van der Waals surface area (Å²) in [6, 6.07) is 5.63. The number of aromatic nitrogens is 2. The summed E-state index contributed by atoms with van der Waals surface area (Å²) in [5.74, 6) is -3.10. The van der Waals surface area contributed by atoms with Crippen molar-refractivity contribution in [2.24, 2.45) is 0 Å². The minimum absolute atomic E-state index is 0.0268. The fourth-order valence-corrected chi connectivity index (χ4v) is 4.41. The molecule has 1 aromatic carbocycles. The lowest BCUT2D eigenvalue weighted by molar-refractivity contribution is -0.205. The molecule has 0 spiro atoms. The number of halogens is 2. The number of aliphatic hydroxyl groups is 2. The summed E-state index contributed by atoms with van der Waals surface area (Å²) in [5, 5.41) is 20.8. The molecule has 5 atom stereocenters. The van der Waals surface area contributed by atoms with Crippen LogP contribution in [0.25, 0.3) is 0 Å². The van der Waals surface area contributed by atoms with Gasteiger partial charge >= 0.3 is 13.5 Å². The topological polar surface area (TPSA) is 132 Å². The maximum atomic E-state index is 15.3. The Morgan fingerprint density at radius 2 is 2.27 bits per heavy atom. The van der Waals surface area contributed by atoms with E-state index in [1.165, 1.54) is 24.3 Å².